The van der Waals surface area contributed by atoms with E-state index in [1.165, 1.54) is 98.3 Å². The molecule has 0 saturated heterocycles. The van der Waals surface area contributed by atoms with Gasteiger partial charge in [-0.15, -0.1) is 0 Å². The molecule has 7 heterocycles. The number of hydrogen-bond acceptors (Lipinski definition) is 29. The van der Waals surface area contributed by atoms with E-state index in [2.05, 4.69) is 90.3 Å². The number of ketones is 1. The fraction of sp³-hybridized carbons (Fsp3) is 0.340. The molecule has 447 valence electrons. The number of nitrogens with zero attached hydrogens (tertiary/aromatic N) is 16. The Morgan fingerprint density at radius 2 is 1.12 bits per heavy atom. The van der Waals surface area contributed by atoms with Crippen LogP contribution in [0.3, 0.4) is 0 Å². The standard InChI is InChI=1S/C14H22N4O4.C11H12N4O2.C9H8N4O2.C8H13NO4.C4H4BN2O2.C4H6N4.K/c1-13(2,3)21-11(19)17-18(10-7-15-9-16-8-10)12(20)22-14(4,5)6;1-3-17-11(16)10-4-8(2)14-15(10)9-5-12-7-13-6-9;1-6-2-8(9(14)15)13(12-6)7-3-10-5-11-4-7;1-4-13-8(11)7(9-12-3)5-6(2)10;8-5-9-4-1-6-3-7-2-4;5-8-4-1-6-3-7-2-4;/h7-9H,1-6H3,(H,17,19);4-7H,3H2,1-2H3;2-5H,1H3,(H,14,15);4-5H2,1-3H3;1-3,8H;1-3,8H,5H2;/q;;;;;;+1/p-1. The van der Waals surface area contributed by atoms with Crippen LogP contribution in [0.4, 0.5) is 21.0 Å². The Morgan fingerprint density at radius 1 is 0.682 bits per heavy atom. The van der Waals surface area contributed by atoms with Crippen LogP contribution in [0, 0.1) is 13.8 Å². The van der Waals surface area contributed by atoms with Crippen LogP contribution in [-0.4, -0.2) is 155 Å². The number of carboxylic acid groups (broad SMARTS) is 1. The normalized spacial score (nSPS) is 10.2. The second-order valence-corrected chi connectivity index (χ2v) is 17.8. The number of rotatable bonds is 14. The molecule has 33 nitrogen and oxygen atoms in total. The summed E-state index contributed by atoms with van der Waals surface area (Å²) in [5, 5.41) is 31.5. The summed E-state index contributed by atoms with van der Waals surface area (Å²) >= 11 is 0. The van der Waals surface area contributed by atoms with Gasteiger partial charge >= 0.3 is 83.2 Å². The molecule has 1 radical (unpaired) electrons. The second kappa shape index (κ2) is 39.6. The molecule has 85 heavy (non-hydrogen) atoms. The average molecular weight is 1210 g/mol. The van der Waals surface area contributed by atoms with Crippen LogP contribution >= 0.6 is 0 Å². The minimum atomic E-state index is -1.28. The molecule has 5 N–H and O–H groups in total. The van der Waals surface area contributed by atoms with E-state index < -0.39 is 41.3 Å². The van der Waals surface area contributed by atoms with E-state index in [-0.39, 0.29) is 87.3 Å². The van der Waals surface area contributed by atoms with Crippen LogP contribution in [0.15, 0.2) is 111 Å². The number of aromatic nitrogens is 14. The largest absolute Gasteiger partial charge is 1.00 e. The van der Waals surface area contributed by atoms with E-state index in [4.69, 9.17) is 25.1 Å². The van der Waals surface area contributed by atoms with Crippen LogP contribution in [0.25, 0.3) is 11.4 Å². The molecule has 0 unspecified atom stereocenters. The predicted molar refractivity (Wildman–Crippen MR) is 295 cm³/mol. The molecule has 0 atom stereocenters. The second-order valence-electron chi connectivity index (χ2n) is 17.8. The molecule has 0 spiro atoms. The fourth-order valence-corrected chi connectivity index (χ4v) is 5.49. The number of hydrazine groups is 2. The summed E-state index contributed by atoms with van der Waals surface area (Å²) in [4.78, 5) is 110. The van der Waals surface area contributed by atoms with Gasteiger partial charge in [0.05, 0.1) is 110 Å². The molecule has 7 rings (SSSR count). The summed E-state index contributed by atoms with van der Waals surface area (Å²) in [6, 6.07) is 3.10. The summed E-state index contributed by atoms with van der Waals surface area (Å²) in [6.07, 6.45) is 20.2. The molecule has 0 aliphatic carbocycles. The van der Waals surface area contributed by atoms with Gasteiger partial charge < -0.3 is 48.8 Å². The van der Waals surface area contributed by atoms with Crippen molar-refractivity contribution in [2.75, 3.05) is 30.8 Å². The Labute approximate surface area is 531 Å². The zero-order valence-electron chi connectivity index (χ0n) is 49.0. The smallest absolute Gasteiger partial charge is 0.543 e. The number of amides is 2. The van der Waals surface area contributed by atoms with E-state index in [0.717, 1.165) is 10.7 Å². The maximum atomic E-state index is 12.2. The molecule has 0 aliphatic rings. The van der Waals surface area contributed by atoms with Gasteiger partial charge in [-0.1, -0.05) is 5.16 Å². The number of carbonyl (C=O) groups is 6. The Morgan fingerprint density at radius 3 is 1.52 bits per heavy atom. The van der Waals surface area contributed by atoms with E-state index in [1.54, 1.807) is 93.2 Å². The van der Waals surface area contributed by atoms with Gasteiger partial charge in [-0.2, -0.15) is 15.2 Å². The third kappa shape index (κ3) is 30.3. The fourth-order valence-electron chi connectivity index (χ4n) is 5.49. The molecule has 2 amide bonds. The van der Waals surface area contributed by atoms with Gasteiger partial charge in [-0.25, -0.2) is 83.8 Å². The number of carboxylic acids is 1. The summed E-state index contributed by atoms with van der Waals surface area (Å²) in [6.45, 7) is 19.2. The van der Waals surface area contributed by atoms with E-state index in [9.17, 15) is 33.9 Å². The van der Waals surface area contributed by atoms with Crippen molar-refractivity contribution in [3.63, 3.8) is 0 Å². The van der Waals surface area contributed by atoms with Gasteiger partial charge in [-0.3, -0.25) is 10.6 Å². The number of ether oxygens (including phenoxy) is 4. The molecule has 0 aromatic carbocycles. The number of oxime groups is 1. The number of hydrogen-bond donors (Lipinski definition) is 4. The van der Waals surface area contributed by atoms with E-state index in [0.29, 0.717) is 48.5 Å². The SMILES string of the molecule is CC(C)(C)OC(=O)NN(C(=O)OC(C)(C)C)c1cncnc1.CCOC(=O)C(CC(C)=O)=NOC.CCOC(=O)c1cc(C)nn1-c1cncnc1.Cc1cc(C(=O)[O-])n(-c2cncnc2)n1.NNc1cncnc1.O[B]Oc1cncnc1.[K+]. The summed E-state index contributed by atoms with van der Waals surface area (Å²) in [5.41, 5.74) is 7.09. The quantitative estimate of drug-likeness (QED) is 0.0274. The van der Waals surface area contributed by atoms with Crippen LogP contribution < -0.4 is 82.8 Å². The maximum absolute atomic E-state index is 12.2. The number of aryl methyl sites for hydroxylation is 2. The summed E-state index contributed by atoms with van der Waals surface area (Å²) < 4.78 is 27.2. The van der Waals surface area contributed by atoms with Gasteiger partial charge in [0.15, 0.2) is 11.4 Å². The zero-order valence-corrected chi connectivity index (χ0v) is 52.1. The van der Waals surface area contributed by atoms with Crippen LogP contribution in [0.2, 0.25) is 0 Å². The van der Waals surface area contributed by atoms with Crippen LogP contribution in [0.5, 0.6) is 5.75 Å². The number of nitrogens with one attached hydrogen (secondary N) is 2. The third-order valence-electron chi connectivity index (χ3n) is 8.50. The first-order valence-electron chi connectivity index (χ1n) is 24.5. The molecule has 35 heteroatoms. The number of nitrogen functional groups attached to an aromatic ring is 1. The van der Waals surface area contributed by atoms with Crippen LogP contribution in [-0.2, 0) is 33.4 Å². The Kier molecular flexibility index (Phi) is 34.5. The van der Waals surface area contributed by atoms with Gasteiger partial charge in [0.1, 0.15) is 78.5 Å². The number of Topliss-reactive ketones (excluding diaryl/α,β-unsaturated/α-hetero) is 1. The van der Waals surface area contributed by atoms with Gasteiger partial charge in [0.2, 0.25) is 0 Å². The van der Waals surface area contributed by atoms with E-state index in [1.807, 2.05) is 6.92 Å². The predicted octanol–water partition coefficient (Wildman–Crippen LogP) is -0.181. The first-order chi connectivity index (χ1) is 39.9. The van der Waals surface area contributed by atoms with Gasteiger partial charge in [-0.05, 0) is 88.3 Å². The number of carbonyl (C=O) groups excluding carboxylic acids is 6. The maximum Gasteiger partial charge on any atom is 1.00 e. The van der Waals surface area contributed by atoms with E-state index >= 15 is 0 Å². The van der Waals surface area contributed by atoms with Crippen molar-refractivity contribution in [1.82, 2.24) is 74.8 Å². The minimum Gasteiger partial charge on any atom is -0.543 e. The Hall–Kier alpha value is -8.87. The van der Waals surface area contributed by atoms with Gasteiger partial charge in [0, 0.05) is 0 Å². The molecule has 0 aliphatic heterocycles. The molecule has 0 bridgehead atoms. The van der Waals surface area contributed by atoms with Crippen molar-refractivity contribution >= 4 is 60.6 Å². The number of aromatic carboxylic acids is 1. The first-order valence-corrected chi connectivity index (χ1v) is 24.5. The summed E-state index contributed by atoms with van der Waals surface area (Å²) in [7, 11) is 1.89. The monoisotopic (exact) mass is 1200 g/mol. The zero-order chi connectivity index (χ0) is 62.7. The van der Waals surface area contributed by atoms with Crippen molar-refractivity contribution in [2.24, 2.45) is 11.0 Å². The number of nitrogens with two attached hydrogens (primary N) is 1. The molecular formula is C50H64BKN19O14. The molecule has 7 aromatic rings. The Balaban J connectivity index is 0.000000523. The molecule has 7 aromatic heterocycles. The Bertz CT molecular complexity index is 3130. The minimum absolute atomic E-state index is 0. The van der Waals surface area contributed by atoms with Crippen molar-refractivity contribution < 1.29 is 119 Å². The first kappa shape index (κ1) is 74.1. The number of anilines is 2. The van der Waals surface area contributed by atoms with Gasteiger partial charge in [0.25, 0.3) is 0 Å². The van der Waals surface area contributed by atoms with Crippen molar-refractivity contribution in [1.29, 1.82) is 0 Å². The van der Waals surface area contributed by atoms with Crippen molar-refractivity contribution in [3.8, 4) is 17.1 Å². The average Bonchev–Trinajstić information content (AvgIpc) is 3.84. The molecule has 0 saturated carbocycles. The summed E-state index contributed by atoms with van der Waals surface area (Å²) in [5.74, 6) is 2.98. The van der Waals surface area contributed by atoms with Crippen molar-refractivity contribution in [3.05, 3.63) is 129 Å². The van der Waals surface area contributed by atoms with Crippen LogP contribution in [0.1, 0.15) is 101 Å². The molecule has 0 fully saturated rings. The third-order valence-corrected chi connectivity index (χ3v) is 8.50. The number of esters is 2. The van der Waals surface area contributed by atoms with Crippen molar-refractivity contribution in [2.45, 2.75) is 93.8 Å². The molecular weight excluding hydrogens is 1140 g/mol. The topological polar surface area (TPSA) is 431 Å².